The zero-order valence-corrected chi connectivity index (χ0v) is 27.4. The van der Waals surface area contributed by atoms with Gasteiger partial charge >= 0.3 is 6.09 Å². The topological polar surface area (TPSA) is 136 Å². The van der Waals surface area contributed by atoms with E-state index in [9.17, 15) is 13.2 Å². The Labute approximate surface area is 269 Å². The Hall–Kier alpha value is -4.45. The molecule has 1 saturated carbocycles. The Morgan fingerprint density at radius 2 is 1.78 bits per heavy atom. The number of likely N-dealkylation sites (tertiary alicyclic amines) is 1. The fraction of sp³-hybridized carbons (Fsp3) is 0.412. The third kappa shape index (κ3) is 7.01. The molecule has 0 radical (unpaired) electrons. The lowest BCUT2D eigenvalue weighted by molar-refractivity contribution is 0.0206. The maximum absolute atomic E-state index is 12.9. The predicted molar refractivity (Wildman–Crippen MR) is 179 cm³/mol. The van der Waals surface area contributed by atoms with E-state index >= 15 is 0 Å². The van der Waals surface area contributed by atoms with Crippen LogP contribution in [0.15, 0.2) is 60.9 Å². The molecule has 3 heterocycles. The zero-order chi connectivity index (χ0) is 32.5. The van der Waals surface area contributed by atoms with E-state index in [4.69, 9.17) is 14.5 Å². The molecule has 12 heteroatoms. The first-order valence-electron chi connectivity index (χ1n) is 15.7. The van der Waals surface area contributed by atoms with Gasteiger partial charge in [0.15, 0.2) is 0 Å². The van der Waals surface area contributed by atoms with Crippen molar-refractivity contribution < 1.29 is 22.7 Å². The summed E-state index contributed by atoms with van der Waals surface area (Å²) in [5, 5.41) is 4.55. The number of aryl methyl sites for hydroxylation is 1. The largest absolute Gasteiger partial charge is 0.444 e. The number of anilines is 2. The van der Waals surface area contributed by atoms with Gasteiger partial charge in [-0.05, 0) is 83.2 Å². The van der Waals surface area contributed by atoms with Crippen molar-refractivity contribution in [3.63, 3.8) is 0 Å². The van der Waals surface area contributed by atoms with Gasteiger partial charge in [-0.15, -0.1) is 0 Å². The Morgan fingerprint density at radius 3 is 2.54 bits per heavy atom. The van der Waals surface area contributed by atoms with Crippen molar-refractivity contribution in [3.05, 3.63) is 66.5 Å². The van der Waals surface area contributed by atoms with Crippen LogP contribution < -0.4 is 14.8 Å². The fourth-order valence-corrected chi connectivity index (χ4v) is 7.30. The van der Waals surface area contributed by atoms with E-state index in [0.717, 1.165) is 35.6 Å². The third-order valence-corrected chi connectivity index (χ3v) is 10.1. The first-order valence-corrected chi connectivity index (χ1v) is 17.3. The summed E-state index contributed by atoms with van der Waals surface area (Å²) in [5.41, 5.74) is 2.13. The number of nitrogens with zero attached hydrogens (tertiary/aromatic N) is 4. The first kappa shape index (κ1) is 31.5. The Bertz CT molecular complexity index is 1850. The molecule has 2 aromatic carbocycles. The average molecular weight is 645 g/mol. The Morgan fingerprint density at radius 1 is 0.957 bits per heavy atom. The van der Waals surface area contributed by atoms with Crippen LogP contribution in [0.5, 0.6) is 11.6 Å². The van der Waals surface area contributed by atoms with Gasteiger partial charge in [0, 0.05) is 42.3 Å². The van der Waals surface area contributed by atoms with Crippen molar-refractivity contribution in [1.82, 2.24) is 19.9 Å². The molecule has 0 bridgehead atoms. The highest BCUT2D eigenvalue weighted by Crippen LogP contribution is 2.39. The Balaban J connectivity index is 1.24. The lowest BCUT2D eigenvalue weighted by Gasteiger charge is -2.34. The van der Waals surface area contributed by atoms with Gasteiger partial charge in [0.25, 0.3) is 0 Å². The van der Waals surface area contributed by atoms with Crippen LogP contribution in [0.4, 0.5) is 16.4 Å². The molecular weight excluding hydrogens is 604 g/mol. The highest BCUT2D eigenvalue weighted by Gasteiger charge is 2.32. The van der Waals surface area contributed by atoms with Crippen LogP contribution in [0.2, 0.25) is 0 Å². The minimum absolute atomic E-state index is 0.0321. The standard InChI is InChI=1S/C34H40N6O5S/c1-22-15-16-25-26(12-6-14-29(25)39-46(42,43)24-10-5-11-24)30(22)44-31-27(13-7-18-35-31)28-17-19-36-32(38-28)37-23-9-8-20-40(21-23)33(41)45-34(2,3)4/h6-7,12-19,23-24,39H,5,8-11,20-21H2,1-4H3,(H,36,37,38). The molecule has 2 N–H and O–H groups in total. The first-order chi connectivity index (χ1) is 22.0. The average Bonchev–Trinajstić information content (AvgIpc) is 2.97. The van der Waals surface area contributed by atoms with E-state index in [2.05, 4.69) is 20.0 Å². The second-order valence-electron chi connectivity index (χ2n) is 12.9. The van der Waals surface area contributed by atoms with E-state index < -0.39 is 15.6 Å². The molecule has 1 atom stereocenters. The normalized spacial score (nSPS) is 17.3. The molecule has 242 valence electrons. The lowest BCUT2D eigenvalue weighted by Crippen LogP contribution is -2.47. The monoisotopic (exact) mass is 644 g/mol. The number of pyridine rings is 1. The van der Waals surface area contributed by atoms with Crippen LogP contribution >= 0.6 is 0 Å². The summed E-state index contributed by atoms with van der Waals surface area (Å²) >= 11 is 0. The molecule has 6 rings (SSSR count). The molecule has 11 nitrogen and oxygen atoms in total. The molecule has 2 aromatic heterocycles. The van der Waals surface area contributed by atoms with Gasteiger partial charge in [-0.1, -0.05) is 30.7 Å². The van der Waals surface area contributed by atoms with Gasteiger partial charge in [0.1, 0.15) is 11.4 Å². The van der Waals surface area contributed by atoms with Crippen molar-refractivity contribution in [2.45, 2.75) is 76.7 Å². The van der Waals surface area contributed by atoms with Crippen molar-refractivity contribution >= 4 is 38.5 Å². The van der Waals surface area contributed by atoms with E-state index in [-0.39, 0.29) is 17.4 Å². The minimum atomic E-state index is -3.47. The number of benzene rings is 2. The SMILES string of the molecule is Cc1ccc2c(NS(=O)(=O)C3CCC3)cccc2c1Oc1ncccc1-c1ccnc(NC2CCCN(C(=O)OC(C)(C)C)C2)n1. The van der Waals surface area contributed by atoms with Crippen LogP contribution in [0.3, 0.4) is 0 Å². The fourth-order valence-electron chi connectivity index (χ4n) is 5.69. The number of amides is 1. The molecule has 1 unspecified atom stereocenters. The van der Waals surface area contributed by atoms with E-state index in [1.54, 1.807) is 29.4 Å². The second-order valence-corrected chi connectivity index (χ2v) is 14.9. The van der Waals surface area contributed by atoms with Crippen LogP contribution in [0, 0.1) is 6.92 Å². The summed E-state index contributed by atoms with van der Waals surface area (Å²) in [6, 6.07) is 14.8. The number of hydrogen-bond donors (Lipinski definition) is 2. The molecule has 1 aliphatic carbocycles. The van der Waals surface area contributed by atoms with Gasteiger partial charge in [-0.2, -0.15) is 0 Å². The van der Waals surface area contributed by atoms with Crippen molar-refractivity contribution in [2.24, 2.45) is 0 Å². The zero-order valence-electron chi connectivity index (χ0n) is 26.6. The van der Waals surface area contributed by atoms with Crippen LogP contribution in [-0.2, 0) is 14.8 Å². The quantitative estimate of drug-likeness (QED) is 0.210. The van der Waals surface area contributed by atoms with Crippen LogP contribution in [0.1, 0.15) is 58.4 Å². The van der Waals surface area contributed by atoms with Gasteiger partial charge in [0.05, 0.1) is 22.2 Å². The molecular formula is C34H40N6O5S. The number of carbonyl (C=O) groups excluding carboxylic acids is 1. The predicted octanol–water partition coefficient (Wildman–Crippen LogP) is 6.90. The van der Waals surface area contributed by atoms with Crippen LogP contribution in [0.25, 0.3) is 22.0 Å². The molecule has 0 spiro atoms. The summed E-state index contributed by atoms with van der Waals surface area (Å²) in [5.74, 6) is 1.38. The number of aromatic nitrogens is 3. The van der Waals surface area contributed by atoms with E-state index in [1.807, 2.05) is 64.1 Å². The number of piperidine rings is 1. The summed E-state index contributed by atoms with van der Waals surface area (Å²) in [7, 11) is -3.47. The molecule has 2 fully saturated rings. The van der Waals surface area contributed by atoms with Crippen molar-refractivity contribution in [1.29, 1.82) is 0 Å². The number of rotatable bonds is 8. The van der Waals surface area contributed by atoms with Crippen molar-refractivity contribution in [2.75, 3.05) is 23.1 Å². The molecule has 1 amide bonds. The second kappa shape index (κ2) is 12.7. The summed E-state index contributed by atoms with van der Waals surface area (Å²) < 4.78 is 40.8. The van der Waals surface area contributed by atoms with Gasteiger partial charge in [-0.3, -0.25) is 4.72 Å². The molecule has 1 aliphatic heterocycles. The molecule has 4 aromatic rings. The molecule has 46 heavy (non-hydrogen) atoms. The highest BCUT2D eigenvalue weighted by molar-refractivity contribution is 7.93. The summed E-state index contributed by atoms with van der Waals surface area (Å²) in [6.45, 7) is 8.66. The third-order valence-electron chi connectivity index (χ3n) is 8.26. The lowest BCUT2D eigenvalue weighted by atomic mass is 10.0. The highest BCUT2D eigenvalue weighted by atomic mass is 32.2. The smallest absolute Gasteiger partial charge is 0.410 e. The number of ether oxygens (including phenoxy) is 2. The molecule has 1 saturated heterocycles. The van der Waals surface area contributed by atoms with E-state index in [1.165, 1.54) is 0 Å². The van der Waals surface area contributed by atoms with E-state index in [0.29, 0.717) is 60.5 Å². The van der Waals surface area contributed by atoms with Gasteiger partial charge in [0.2, 0.25) is 21.9 Å². The van der Waals surface area contributed by atoms with Crippen molar-refractivity contribution in [3.8, 4) is 22.9 Å². The Kier molecular flexibility index (Phi) is 8.73. The maximum atomic E-state index is 12.9. The number of sulfonamides is 1. The summed E-state index contributed by atoms with van der Waals surface area (Å²) in [4.78, 5) is 28.2. The molecule has 2 aliphatic rings. The number of carbonyl (C=O) groups is 1. The number of fused-ring (bicyclic) bond motifs is 1. The van der Waals surface area contributed by atoms with Crippen LogP contribution in [-0.4, -0.2) is 64.3 Å². The number of nitrogens with one attached hydrogen (secondary N) is 2. The maximum Gasteiger partial charge on any atom is 0.410 e. The number of hydrogen-bond acceptors (Lipinski definition) is 9. The minimum Gasteiger partial charge on any atom is -0.444 e. The summed E-state index contributed by atoms with van der Waals surface area (Å²) in [6.07, 6.45) is 7.02. The van der Waals surface area contributed by atoms with Gasteiger partial charge in [-0.25, -0.2) is 28.2 Å². The van der Waals surface area contributed by atoms with Gasteiger partial charge < -0.3 is 19.7 Å².